The smallest absolute Gasteiger partial charge is 0.259 e. The van der Waals surface area contributed by atoms with Crippen molar-refractivity contribution < 1.29 is 18.0 Å². The molecule has 2 amide bonds. The van der Waals surface area contributed by atoms with Gasteiger partial charge in [-0.1, -0.05) is 11.6 Å². The number of amides is 2. The SMILES string of the molecule is O=C(Nc1cc(Cl)ccc1C(=O)N1CCCCC1)C1=CC=CN2CCS(=O)(=O)N=C12. The van der Waals surface area contributed by atoms with Crippen LogP contribution in [0.3, 0.4) is 0 Å². The second-order valence-electron chi connectivity index (χ2n) is 7.31. The number of carbonyl (C=O) groups is 2. The lowest BCUT2D eigenvalue weighted by atomic mass is 10.1. The molecule has 8 nitrogen and oxygen atoms in total. The van der Waals surface area contributed by atoms with E-state index in [1.807, 2.05) is 0 Å². The second kappa shape index (κ2) is 8.23. The van der Waals surface area contributed by atoms with Crippen LogP contribution in [0.15, 0.2) is 46.5 Å². The molecule has 3 aliphatic heterocycles. The first-order chi connectivity index (χ1) is 14.3. The van der Waals surface area contributed by atoms with Crippen molar-refractivity contribution >= 4 is 45.0 Å². The molecule has 0 aliphatic carbocycles. The predicted molar refractivity (Wildman–Crippen MR) is 115 cm³/mol. The van der Waals surface area contributed by atoms with Crippen LogP contribution < -0.4 is 5.32 Å². The minimum Gasteiger partial charge on any atom is -0.339 e. The van der Waals surface area contributed by atoms with Crippen LogP contribution in [-0.2, 0) is 14.8 Å². The van der Waals surface area contributed by atoms with Gasteiger partial charge in [0, 0.05) is 30.9 Å². The summed E-state index contributed by atoms with van der Waals surface area (Å²) < 4.78 is 27.6. The van der Waals surface area contributed by atoms with E-state index >= 15 is 0 Å². The lowest BCUT2D eigenvalue weighted by Gasteiger charge is -2.29. The van der Waals surface area contributed by atoms with Gasteiger partial charge in [-0.15, -0.1) is 4.40 Å². The van der Waals surface area contributed by atoms with Gasteiger partial charge < -0.3 is 15.1 Å². The van der Waals surface area contributed by atoms with E-state index in [1.54, 1.807) is 34.2 Å². The maximum absolute atomic E-state index is 13.0. The largest absolute Gasteiger partial charge is 0.339 e. The van der Waals surface area contributed by atoms with Crippen molar-refractivity contribution in [1.29, 1.82) is 0 Å². The number of hydrogen-bond acceptors (Lipinski definition) is 5. The number of likely N-dealkylation sites (tertiary alicyclic amines) is 1. The molecular weight excluding hydrogens is 428 g/mol. The molecule has 0 atom stereocenters. The number of hydrogen-bond donors (Lipinski definition) is 1. The maximum atomic E-state index is 13.0. The zero-order chi connectivity index (χ0) is 21.3. The minimum absolute atomic E-state index is 0.0761. The summed E-state index contributed by atoms with van der Waals surface area (Å²) >= 11 is 6.11. The van der Waals surface area contributed by atoms with Crippen molar-refractivity contribution in [3.63, 3.8) is 0 Å². The predicted octanol–water partition coefficient (Wildman–Crippen LogP) is 2.40. The van der Waals surface area contributed by atoms with E-state index in [0.717, 1.165) is 19.3 Å². The quantitative estimate of drug-likeness (QED) is 0.765. The van der Waals surface area contributed by atoms with Crippen LogP contribution in [0.25, 0.3) is 0 Å². The Bertz CT molecular complexity index is 1090. The van der Waals surface area contributed by atoms with Gasteiger partial charge in [-0.2, -0.15) is 0 Å². The molecule has 0 spiro atoms. The molecule has 0 bridgehead atoms. The highest BCUT2D eigenvalue weighted by Gasteiger charge is 2.31. The number of benzene rings is 1. The molecule has 1 fully saturated rings. The Morgan fingerprint density at radius 2 is 1.87 bits per heavy atom. The fourth-order valence-electron chi connectivity index (χ4n) is 3.66. The van der Waals surface area contributed by atoms with Crippen LogP contribution in [0.4, 0.5) is 5.69 Å². The van der Waals surface area contributed by atoms with Gasteiger partial charge in [-0.3, -0.25) is 9.59 Å². The molecule has 4 rings (SSSR count). The van der Waals surface area contributed by atoms with Crippen molar-refractivity contribution in [2.45, 2.75) is 19.3 Å². The van der Waals surface area contributed by atoms with Crippen LogP contribution in [0.1, 0.15) is 29.6 Å². The van der Waals surface area contributed by atoms with E-state index in [2.05, 4.69) is 9.71 Å². The fraction of sp³-hybridized carbons (Fsp3) is 0.350. The van der Waals surface area contributed by atoms with Gasteiger partial charge in [0.1, 0.15) is 0 Å². The highest BCUT2D eigenvalue weighted by molar-refractivity contribution is 7.90. The third-order valence-electron chi connectivity index (χ3n) is 5.21. The number of nitrogens with zero attached hydrogens (tertiary/aromatic N) is 3. The van der Waals surface area contributed by atoms with Crippen LogP contribution in [0.5, 0.6) is 0 Å². The molecule has 3 heterocycles. The minimum atomic E-state index is -3.63. The first-order valence-corrected chi connectivity index (χ1v) is 11.7. The number of piperidine rings is 1. The van der Waals surface area contributed by atoms with E-state index in [9.17, 15) is 18.0 Å². The second-order valence-corrected chi connectivity index (χ2v) is 9.50. The number of nitrogens with one attached hydrogen (secondary N) is 1. The van der Waals surface area contributed by atoms with Gasteiger partial charge in [0.25, 0.3) is 21.8 Å². The Balaban J connectivity index is 1.62. The average Bonchev–Trinajstić information content (AvgIpc) is 2.73. The van der Waals surface area contributed by atoms with Crippen LogP contribution in [0, 0.1) is 0 Å². The summed E-state index contributed by atoms with van der Waals surface area (Å²) in [6, 6.07) is 4.72. The molecule has 0 aromatic heterocycles. The number of halogens is 1. The summed E-state index contributed by atoms with van der Waals surface area (Å²) in [5.41, 5.74) is 0.734. The third-order valence-corrected chi connectivity index (χ3v) is 6.59. The molecular formula is C20H21ClN4O4S. The van der Waals surface area contributed by atoms with Crippen molar-refractivity contribution in [2.75, 3.05) is 30.7 Å². The topological polar surface area (TPSA) is 99.1 Å². The number of sulfonamides is 1. The maximum Gasteiger partial charge on any atom is 0.259 e. The van der Waals surface area contributed by atoms with Gasteiger partial charge in [0.05, 0.1) is 22.6 Å². The summed E-state index contributed by atoms with van der Waals surface area (Å²) in [4.78, 5) is 29.4. The first-order valence-electron chi connectivity index (χ1n) is 9.72. The van der Waals surface area contributed by atoms with Gasteiger partial charge >= 0.3 is 0 Å². The number of carbonyl (C=O) groups excluding carboxylic acids is 2. The van der Waals surface area contributed by atoms with E-state index in [4.69, 9.17) is 11.6 Å². The highest BCUT2D eigenvalue weighted by Crippen LogP contribution is 2.26. The number of fused-ring (bicyclic) bond motifs is 1. The van der Waals surface area contributed by atoms with Crippen molar-refractivity contribution in [3.05, 3.63) is 52.7 Å². The molecule has 0 radical (unpaired) electrons. The molecule has 0 unspecified atom stereocenters. The van der Waals surface area contributed by atoms with E-state index < -0.39 is 15.9 Å². The molecule has 1 aromatic rings. The highest BCUT2D eigenvalue weighted by atomic mass is 35.5. The average molecular weight is 449 g/mol. The number of allylic oxidation sites excluding steroid dienone is 2. The number of anilines is 1. The molecule has 30 heavy (non-hydrogen) atoms. The lowest BCUT2D eigenvalue weighted by Crippen LogP contribution is -2.41. The summed E-state index contributed by atoms with van der Waals surface area (Å²) in [7, 11) is -3.63. The van der Waals surface area contributed by atoms with Gasteiger partial charge in [-0.05, 0) is 49.6 Å². The zero-order valence-corrected chi connectivity index (χ0v) is 17.7. The molecule has 10 heteroatoms. The summed E-state index contributed by atoms with van der Waals surface area (Å²) in [5.74, 6) is -0.765. The summed E-state index contributed by atoms with van der Waals surface area (Å²) in [6.45, 7) is 1.57. The van der Waals surface area contributed by atoms with Gasteiger partial charge in [-0.25, -0.2) is 8.42 Å². The molecule has 158 valence electrons. The molecule has 1 aromatic carbocycles. The Labute approximate surface area is 179 Å². The van der Waals surface area contributed by atoms with Crippen molar-refractivity contribution in [2.24, 2.45) is 4.40 Å². The Morgan fingerprint density at radius 1 is 1.10 bits per heavy atom. The summed E-state index contributed by atoms with van der Waals surface area (Å²) in [6.07, 6.45) is 7.83. The Hall–Kier alpha value is -2.65. The molecule has 1 N–H and O–H groups in total. The van der Waals surface area contributed by atoms with Gasteiger partial charge in [0.2, 0.25) is 0 Å². The Kier molecular flexibility index (Phi) is 5.66. The Morgan fingerprint density at radius 3 is 2.63 bits per heavy atom. The normalized spacial score (nSPS) is 20.2. The van der Waals surface area contributed by atoms with E-state index in [0.29, 0.717) is 23.7 Å². The molecule has 0 saturated carbocycles. The lowest BCUT2D eigenvalue weighted by molar-refractivity contribution is -0.112. The third kappa shape index (κ3) is 4.27. The van der Waals surface area contributed by atoms with E-state index in [1.165, 1.54) is 12.1 Å². The van der Waals surface area contributed by atoms with E-state index in [-0.39, 0.29) is 35.3 Å². The van der Waals surface area contributed by atoms with Crippen LogP contribution in [0.2, 0.25) is 5.02 Å². The van der Waals surface area contributed by atoms with Crippen molar-refractivity contribution in [3.8, 4) is 0 Å². The fourth-order valence-corrected chi connectivity index (χ4v) is 4.81. The molecule has 1 saturated heterocycles. The standard InChI is InChI=1S/C20H21ClN4O4S/c21-14-6-7-15(20(27)25-8-2-1-3-9-25)17(13-14)22-19(26)16-5-4-10-24-11-12-30(28,29)23-18(16)24/h4-7,10,13H,1-3,8-9,11-12H2,(H,22,26). The first kappa shape index (κ1) is 20.6. The zero-order valence-electron chi connectivity index (χ0n) is 16.2. The van der Waals surface area contributed by atoms with Crippen molar-refractivity contribution in [1.82, 2.24) is 9.80 Å². The molecule has 3 aliphatic rings. The monoisotopic (exact) mass is 448 g/mol. The number of rotatable bonds is 3. The van der Waals surface area contributed by atoms with Crippen LogP contribution in [-0.4, -0.2) is 61.3 Å². The van der Waals surface area contributed by atoms with Crippen LogP contribution >= 0.6 is 11.6 Å². The summed E-state index contributed by atoms with van der Waals surface area (Å²) in [5, 5.41) is 3.10. The number of amidine groups is 1. The van der Waals surface area contributed by atoms with Gasteiger partial charge in [0.15, 0.2) is 5.84 Å².